The SMILES string of the molecule is O=C(O)CCC/C=C\C[C@@H]1[C@@H](CCCC[S+]([O-])C2CCCC2)[C@@H]2CC[C@H]1O2. The summed E-state index contributed by atoms with van der Waals surface area (Å²) >= 11 is -0.605. The molecule has 0 aromatic heterocycles. The number of carboxylic acids is 1. The summed E-state index contributed by atoms with van der Waals surface area (Å²) in [5, 5.41) is 9.17. The fraction of sp³-hybridized carbons (Fsp3) is 0.864. The van der Waals surface area contributed by atoms with Gasteiger partial charge in [-0.2, -0.15) is 0 Å². The maximum Gasteiger partial charge on any atom is 0.303 e. The van der Waals surface area contributed by atoms with Gasteiger partial charge in [-0.15, -0.1) is 0 Å². The lowest BCUT2D eigenvalue weighted by atomic mass is 9.75. The predicted octanol–water partition coefficient (Wildman–Crippen LogP) is 4.84. The monoisotopic (exact) mass is 396 g/mol. The van der Waals surface area contributed by atoms with E-state index < -0.39 is 17.1 Å². The number of rotatable bonds is 12. The van der Waals surface area contributed by atoms with Crippen molar-refractivity contribution in [2.45, 2.75) is 101 Å². The first-order valence-corrected chi connectivity index (χ1v) is 12.4. The fourth-order valence-corrected chi connectivity index (χ4v) is 6.96. The van der Waals surface area contributed by atoms with Crippen LogP contribution >= 0.6 is 0 Å². The van der Waals surface area contributed by atoms with Crippen LogP contribution in [0.15, 0.2) is 12.2 Å². The average Bonchev–Trinajstić information content (AvgIpc) is 3.39. The van der Waals surface area contributed by atoms with E-state index in [-0.39, 0.29) is 6.42 Å². The number of carbonyl (C=O) groups is 1. The molecule has 2 bridgehead atoms. The Balaban J connectivity index is 1.35. The van der Waals surface area contributed by atoms with Crippen LogP contribution in [-0.2, 0) is 20.7 Å². The number of carboxylic acid groups (broad SMARTS) is 1. The van der Waals surface area contributed by atoms with Gasteiger partial charge in [0, 0.05) is 6.42 Å². The van der Waals surface area contributed by atoms with Crippen LogP contribution in [0.3, 0.4) is 0 Å². The summed E-state index contributed by atoms with van der Waals surface area (Å²) in [6.07, 6.45) is 18.9. The Bertz CT molecular complexity index is 489. The fourth-order valence-electron chi connectivity index (χ4n) is 5.28. The molecule has 0 radical (unpaired) electrons. The average molecular weight is 397 g/mol. The maximum absolute atomic E-state index is 12.3. The van der Waals surface area contributed by atoms with Gasteiger partial charge >= 0.3 is 5.97 Å². The summed E-state index contributed by atoms with van der Waals surface area (Å²) in [5.41, 5.74) is 0. The van der Waals surface area contributed by atoms with Gasteiger partial charge in [0.25, 0.3) is 0 Å². The number of aliphatic carboxylic acids is 1. The number of unbranched alkanes of at least 4 members (excludes halogenated alkanes) is 2. The molecule has 1 saturated carbocycles. The summed E-state index contributed by atoms with van der Waals surface area (Å²) in [6, 6.07) is 0. The Morgan fingerprint density at radius 1 is 1.04 bits per heavy atom. The topological polar surface area (TPSA) is 69.6 Å². The summed E-state index contributed by atoms with van der Waals surface area (Å²) in [7, 11) is 0. The first-order valence-electron chi connectivity index (χ1n) is 11.0. The van der Waals surface area contributed by atoms with E-state index in [1.807, 2.05) is 0 Å². The molecule has 0 aromatic carbocycles. The van der Waals surface area contributed by atoms with Crippen molar-refractivity contribution < 1.29 is 19.2 Å². The molecule has 3 aliphatic rings. The number of ether oxygens (including phenoxy) is 1. The Morgan fingerprint density at radius 2 is 1.78 bits per heavy atom. The first-order chi connectivity index (χ1) is 13.1. The van der Waals surface area contributed by atoms with Gasteiger partial charge < -0.3 is 14.4 Å². The van der Waals surface area contributed by atoms with Crippen molar-refractivity contribution in [1.82, 2.24) is 0 Å². The summed E-state index contributed by atoms with van der Waals surface area (Å²) < 4.78 is 18.5. The molecule has 5 heteroatoms. The van der Waals surface area contributed by atoms with E-state index in [2.05, 4.69) is 12.2 Å². The van der Waals surface area contributed by atoms with Crippen LogP contribution in [0.2, 0.25) is 0 Å². The molecule has 3 fully saturated rings. The van der Waals surface area contributed by atoms with Crippen molar-refractivity contribution in [3.63, 3.8) is 0 Å². The van der Waals surface area contributed by atoms with Crippen LogP contribution in [0.25, 0.3) is 0 Å². The van der Waals surface area contributed by atoms with Crippen molar-refractivity contribution in [2.75, 3.05) is 5.75 Å². The molecule has 5 atom stereocenters. The minimum Gasteiger partial charge on any atom is -0.616 e. The van der Waals surface area contributed by atoms with E-state index in [1.54, 1.807) is 0 Å². The molecule has 0 spiro atoms. The molecular weight excluding hydrogens is 360 g/mol. The highest BCUT2D eigenvalue weighted by Crippen LogP contribution is 2.47. The third-order valence-electron chi connectivity index (χ3n) is 6.73. The third-order valence-corrected chi connectivity index (χ3v) is 8.64. The Morgan fingerprint density at radius 3 is 2.52 bits per heavy atom. The molecule has 0 amide bonds. The second kappa shape index (κ2) is 10.9. The number of allylic oxidation sites excluding steroid dienone is 2. The Hall–Kier alpha value is -0.520. The van der Waals surface area contributed by atoms with Crippen molar-refractivity contribution in [1.29, 1.82) is 0 Å². The van der Waals surface area contributed by atoms with Crippen molar-refractivity contribution >= 4 is 17.1 Å². The second-order valence-electron chi connectivity index (χ2n) is 8.60. The van der Waals surface area contributed by atoms with Crippen LogP contribution in [0.4, 0.5) is 0 Å². The summed E-state index contributed by atoms with van der Waals surface area (Å²) in [5.74, 6) is 1.46. The van der Waals surface area contributed by atoms with Crippen LogP contribution in [0, 0.1) is 11.8 Å². The molecule has 2 saturated heterocycles. The van der Waals surface area contributed by atoms with Gasteiger partial charge in [-0.3, -0.25) is 4.79 Å². The minimum atomic E-state index is -0.709. The lowest BCUT2D eigenvalue weighted by Crippen LogP contribution is -2.27. The van der Waals surface area contributed by atoms with E-state index in [4.69, 9.17) is 9.84 Å². The quantitative estimate of drug-likeness (QED) is 0.291. The van der Waals surface area contributed by atoms with Gasteiger partial charge in [-0.25, -0.2) is 0 Å². The van der Waals surface area contributed by atoms with Crippen molar-refractivity contribution in [2.24, 2.45) is 11.8 Å². The number of hydrogen-bond donors (Lipinski definition) is 1. The Labute approximate surface area is 167 Å². The van der Waals surface area contributed by atoms with E-state index in [9.17, 15) is 9.35 Å². The molecule has 4 nitrogen and oxygen atoms in total. The lowest BCUT2D eigenvalue weighted by Gasteiger charge is -2.27. The van der Waals surface area contributed by atoms with E-state index in [1.165, 1.54) is 51.4 Å². The standard InChI is InChI=1S/C22H36O4S/c23-22(24)13-4-2-1-3-11-18-19(21-15-14-20(18)26-21)12-7-8-16-27(25)17-9-5-6-10-17/h1,3,17-21H,2,4-16H2,(H,23,24)/b3-1-/t18-,19-,20-,21+,27?/m1/s1. The largest absolute Gasteiger partial charge is 0.616 e. The van der Waals surface area contributed by atoms with Crippen molar-refractivity contribution in [3.05, 3.63) is 12.2 Å². The van der Waals surface area contributed by atoms with E-state index in [0.717, 1.165) is 31.4 Å². The second-order valence-corrected chi connectivity index (χ2v) is 10.4. The predicted molar refractivity (Wildman–Crippen MR) is 109 cm³/mol. The van der Waals surface area contributed by atoms with Gasteiger partial charge in [-0.05, 0) is 88.9 Å². The normalized spacial score (nSPS) is 31.9. The van der Waals surface area contributed by atoms with Crippen molar-refractivity contribution in [3.8, 4) is 0 Å². The summed E-state index contributed by atoms with van der Waals surface area (Å²) in [6.45, 7) is 0. The molecule has 1 aliphatic carbocycles. The first kappa shape index (κ1) is 21.2. The van der Waals surface area contributed by atoms with Gasteiger partial charge in [0.05, 0.1) is 12.2 Å². The molecule has 2 heterocycles. The molecule has 0 aromatic rings. The van der Waals surface area contributed by atoms with Gasteiger partial charge in [0.2, 0.25) is 0 Å². The highest BCUT2D eigenvalue weighted by molar-refractivity contribution is 7.92. The summed E-state index contributed by atoms with van der Waals surface area (Å²) in [4.78, 5) is 10.6. The zero-order chi connectivity index (χ0) is 19.1. The molecule has 1 N–H and O–H groups in total. The molecule has 154 valence electrons. The van der Waals surface area contributed by atoms with E-state index >= 15 is 0 Å². The zero-order valence-corrected chi connectivity index (χ0v) is 17.3. The molecule has 27 heavy (non-hydrogen) atoms. The zero-order valence-electron chi connectivity index (χ0n) is 16.5. The molecule has 1 unspecified atom stereocenters. The highest BCUT2D eigenvalue weighted by atomic mass is 32.2. The van der Waals surface area contributed by atoms with Crippen LogP contribution < -0.4 is 0 Å². The van der Waals surface area contributed by atoms with Gasteiger partial charge in [0.15, 0.2) is 0 Å². The molecule has 2 aliphatic heterocycles. The van der Waals surface area contributed by atoms with E-state index in [0.29, 0.717) is 29.3 Å². The molecular formula is C22H36O4S. The minimum absolute atomic E-state index is 0.256. The highest BCUT2D eigenvalue weighted by Gasteiger charge is 2.47. The lowest BCUT2D eigenvalue weighted by molar-refractivity contribution is -0.137. The van der Waals surface area contributed by atoms with Gasteiger partial charge in [-0.1, -0.05) is 23.3 Å². The number of hydrogen-bond acceptors (Lipinski definition) is 3. The van der Waals surface area contributed by atoms with Crippen LogP contribution in [-0.4, -0.2) is 38.8 Å². The van der Waals surface area contributed by atoms with Crippen LogP contribution in [0.1, 0.15) is 83.5 Å². The third kappa shape index (κ3) is 6.23. The van der Waals surface area contributed by atoms with Crippen LogP contribution in [0.5, 0.6) is 0 Å². The smallest absolute Gasteiger partial charge is 0.303 e. The Kier molecular flexibility index (Phi) is 8.53. The maximum atomic E-state index is 12.3. The molecule has 3 rings (SSSR count). The number of fused-ring (bicyclic) bond motifs is 2. The van der Waals surface area contributed by atoms with Gasteiger partial charge in [0.1, 0.15) is 11.0 Å².